The van der Waals surface area contributed by atoms with Gasteiger partial charge in [-0.1, -0.05) is 18.2 Å². The molecular weight excluding hydrogens is 338 g/mol. The molecule has 0 aromatic heterocycles. The van der Waals surface area contributed by atoms with Gasteiger partial charge in [-0.15, -0.1) is 0 Å². The Labute approximate surface area is 153 Å². The number of carbonyl (C=O) groups excluding carboxylic acids is 1. The van der Waals surface area contributed by atoms with Crippen LogP contribution in [0.3, 0.4) is 0 Å². The fourth-order valence-corrected chi connectivity index (χ4v) is 4.14. The van der Waals surface area contributed by atoms with Crippen molar-refractivity contribution in [2.24, 2.45) is 0 Å². The van der Waals surface area contributed by atoms with E-state index in [4.69, 9.17) is 4.74 Å². The van der Waals surface area contributed by atoms with Crippen LogP contribution >= 0.6 is 11.8 Å². The number of aliphatic hydroxyl groups is 1. The molecule has 0 aliphatic carbocycles. The van der Waals surface area contributed by atoms with Crippen LogP contribution < -0.4 is 10.1 Å². The zero-order chi connectivity index (χ0) is 17.5. The molecule has 0 radical (unpaired) electrons. The van der Waals surface area contributed by atoms with Crippen LogP contribution in [0, 0.1) is 0 Å². The van der Waals surface area contributed by atoms with Crippen molar-refractivity contribution in [3.8, 4) is 5.75 Å². The van der Waals surface area contributed by atoms with Gasteiger partial charge in [-0.2, -0.15) is 11.8 Å². The first-order valence-corrected chi connectivity index (χ1v) is 10.0. The molecule has 2 heterocycles. The van der Waals surface area contributed by atoms with E-state index in [9.17, 15) is 9.90 Å². The van der Waals surface area contributed by atoms with Crippen LogP contribution in [-0.4, -0.2) is 84.3 Å². The maximum atomic E-state index is 11.5. The van der Waals surface area contributed by atoms with Crippen molar-refractivity contribution in [1.29, 1.82) is 0 Å². The van der Waals surface area contributed by atoms with Gasteiger partial charge in [-0.25, -0.2) is 0 Å². The molecule has 1 aromatic rings. The molecule has 2 aliphatic heterocycles. The Kier molecular flexibility index (Phi) is 6.98. The lowest BCUT2D eigenvalue weighted by molar-refractivity contribution is -0.124. The maximum Gasteiger partial charge on any atom is 0.234 e. The van der Waals surface area contributed by atoms with Gasteiger partial charge in [0.2, 0.25) is 5.91 Å². The van der Waals surface area contributed by atoms with Crippen LogP contribution in [0.5, 0.6) is 5.75 Å². The lowest BCUT2D eigenvalue weighted by Gasteiger charge is -2.29. The van der Waals surface area contributed by atoms with E-state index in [0.29, 0.717) is 32.8 Å². The number of aliphatic hydroxyl groups excluding tert-OH is 1. The van der Waals surface area contributed by atoms with E-state index in [-0.39, 0.29) is 5.91 Å². The van der Waals surface area contributed by atoms with E-state index < -0.39 is 6.10 Å². The number of rotatable bonds is 7. The number of benzene rings is 1. The average Bonchev–Trinajstić information content (AvgIpc) is 2.62. The zero-order valence-electron chi connectivity index (χ0n) is 14.5. The quantitative estimate of drug-likeness (QED) is 0.730. The molecule has 25 heavy (non-hydrogen) atoms. The predicted octanol–water partition coefficient (Wildman–Crippen LogP) is 0.407. The summed E-state index contributed by atoms with van der Waals surface area (Å²) in [7, 11) is 0. The molecule has 1 aromatic carbocycles. The second-order valence-electron chi connectivity index (χ2n) is 6.55. The lowest BCUT2D eigenvalue weighted by Crippen LogP contribution is -2.47. The third-order valence-electron chi connectivity index (χ3n) is 4.49. The van der Waals surface area contributed by atoms with Crippen LogP contribution in [0.4, 0.5) is 0 Å². The minimum absolute atomic E-state index is 0.0692. The predicted molar refractivity (Wildman–Crippen MR) is 100.0 cm³/mol. The fourth-order valence-electron chi connectivity index (χ4n) is 3.16. The standard InChI is InChI=1S/C18H27N3O3S/c22-16(12-20-7-9-25-10-8-20)14-24-17-4-2-1-3-15(17)11-21-6-5-19-18(23)13-21/h1-4,16,22H,5-14H2,(H,19,23). The number of amides is 1. The number of piperazine rings is 1. The number of nitrogens with one attached hydrogen (secondary N) is 1. The van der Waals surface area contributed by atoms with Crippen molar-refractivity contribution in [2.75, 3.05) is 57.4 Å². The fraction of sp³-hybridized carbons (Fsp3) is 0.611. The monoisotopic (exact) mass is 365 g/mol. The second kappa shape index (κ2) is 9.43. The van der Waals surface area contributed by atoms with Crippen molar-refractivity contribution in [3.05, 3.63) is 29.8 Å². The minimum atomic E-state index is -0.489. The summed E-state index contributed by atoms with van der Waals surface area (Å²) in [5.41, 5.74) is 1.05. The SMILES string of the molecule is O=C1CN(Cc2ccccc2OCC(O)CN2CCSCC2)CCN1. The molecule has 138 valence electrons. The first-order chi connectivity index (χ1) is 12.2. The van der Waals surface area contributed by atoms with E-state index in [1.165, 1.54) is 0 Å². The average molecular weight is 365 g/mol. The summed E-state index contributed by atoms with van der Waals surface area (Å²) >= 11 is 1.97. The topological polar surface area (TPSA) is 65.0 Å². The number of hydrogen-bond acceptors (Lipinski definition) is 6. The van der Waals surface area contributed by atoms with Crippen molar-refractivity contribution in [2.45, 2.75) is 12.6 Å². The zero-order valence-corrected chi connectivity index (χ0v) is 15.3. The summed E-state index contributed by atoms with van der Waals surface area (Å²) < 4.78 is 5.90. The van der Waals surface area contributed by atoms with Crippen molar-refractivity contribution < 1.29 is 14.6 Å². The summed E-state index contributed by atoms with van der Waals surface area (Å²) in [6.45, 7) is 5.66. The molecule has 2 saturated heterocycles. The molecule has 2 N–H and O–H groups in total. The number of ether oxygens (including phenoxy) is 1. The highest BCUT2D eigenvalue weighted by molar-refractivity contribution is 7.99. The highest BCUT2D eigenvalue weighted by Gasteiger charge is 2.19. The molecule has 1 amide bonds. The van der Waals surface area contributed by atoms with Crippen molar-refractivity contribution >= 4 is 17.7 Å². The van der Waals surface area contributed by atoms with Crippen molar-refractivity contribution in [1.82, 2.24) is 15.1 Å². The summed E-state index contributed by atoms with van der Waals surface area (Å²) in [5, 5.41) is 13.1. The summed E-state index contributed by atoms with van der Waals surface area (Å²) in [6, 6.07) is 7.88. The first-order valence-electron chi connectivity index (χ1n) is 8.88. The molecule has 2 aliphatic rings. The van der Waals surface area contributed by atoms with Gasteiger partial charge in [-0.3, -0.25) is 14.6 Å². The first kappa shape index (κ1) is 18.5. The molecule has 1 unspecified atom stereocenters. The Hall–Kier alpha value is -1.28. The van der Waals surface area contributed by atoms with Crippen LogP contribution in [0.2, 0.25) is 0 Å². The molecule has 0 saturated carbocycles. The van der Waals surface area contributed by atoms with Crippen LogP contribution in [0.25, 0.3) is 0 Å². The molecule has 6 nitrogen and oxygen atoms in total. The normalized spacial score (nSPS) is 20.9. The van der Waals surface area contributed by atoms with Gasteiger partial charge in [0, 0.05) is 56.3 Å². The van der Waals surface area contributed by atoms with Crippen LogP contribution in [0.15, 0.2) is 24.3 Å². The molecule has 3 rings (SSSR count). The minimum Gasteiger partial charge on any atom is -0.491 e. The molecule has 2 fully saturated rings. The Balaban J connectivity index is 1.50. The third-order valence-corrected chi connectivity index (χ3v) is 5.43. The largest absolute Gasteiger partial charge is 0.491 e. The molecule has 7 heteroatoms. The number of carbonyl (C=O) groups is 1. The maximum absolute atomic E-state index is 11.5. The van der Waals surface area contributed by atoms with Gasteiger partial charge in [0.15, 0.2) is 0 Å². The highest BCUT2D eigenvalue weighted by atomic mass is 32.2. The molecule has 0 spiro atoms. The van der Waals surface area contributed by atoms with Gasteiger partial charge in [-0.05, 0) is 6.07 Å². The Morgan fingerprint density at radius 1 is 1.20 bits per heavy atom. The summed E-state index contributed by atoms with van der Waals surface area (Å²) in [6.07, 6.45) is -0.489. The smallest absolute Gasteiger partial charge is 0.234 e. The van der Waals surface area contributed by atoms with E-state index in [0.717, 1.165) is 42.5 Å². The van der Waals surface area contributed by atoms with Crippen LogP contribution in [0.1, 0.15) is 5.56 Å². The Morgan fingerprint density at radius 3 is 2.80 bits per heavy atom. The molecule has 1 atom stereocenters. The highest BCUT2D eigenvalue weighted by Crippen LogP contribution is 2.20. The lowest BCUT2D eigenvalue weighted by atomic mass is 10.1. The van der Waals surface area contributed by atoms with E-state index in [2.05, 4.69) is 15.1 Å². The molecule has 0 bridgehead atoms. The summed E-state index contributed by atoms with van der Waals surface area (Å²) in [4.78, 5) is 15.9. The Morgan fingerprint density at radius 2 is 2.00 bits per heavy atom. The third kappa shape index (κ3) is 5.88. The van der Waals surface area contributed by atoms with E-state index in [1.807, 2.05) is 36.0 Å². The van der Waals surface area contributed by atoms with Gasteiger partial charge in [0.25, 0.3) is 0 Å². The number of nitrogens with zero attached hydrogens (tertiary/aromatic N) is 2. The number of para-hydroxylation sites is 1. The van der Waals surface area contributed by atoms with Gasteiger partial charge in [0.1, 0.15) is 18.5 Å². The van der Waals surface area contributed by atoms with Crippen molar-refractivity contribution in [3.63, 3.8) is 0 Å². The Bertz CT molecular complexity index is 566. The van der Waals surface area contributed by atoms with Gasteiger partial charge >= 0.3 is 0 Å². The van der Waals surface area contributed by atoms with E-state index >= 15 is 0 Å². The molecular formula is C18H27N3O3S. The second-order valence-corrected chi connectivity index (χ2v) is 7.77. The van der Waals surface area contributed by atoms with Gasteiger partial charge < -0.3 is 15.2 Å². The van der Waals surface area contributed by atoms with E-state index in [1.54, 1.807) is 0 Å². The van der Waals surface area contributed by atoms with Crippen LogP contribution in [-0.2, 0) is 11.3 Å². The number of hydrogen-bond donors (Lipinski definition) is 2. The van der Waals surface area contributed by atoms with Gasteiger partial charge in [0.05, 0.1) is 6.54 Å². The number of thioether (sulfide) groups is 1. The summed E-state index contributed by atoms with van der Waals surface area (Å²) in [5.74, 6) is 3.14. The number of β-amino-alcohol motifs (C(OH)–C–C–N with tert-alkyl or cyclic N) is 1.